The van der Waals surface area contributed by atoms with Crippen molar-refractivity contribution in [3.8, 4) is 11.5 Å². The summed E-state index contributed by atoms with van der Waals surface area (Å²) < 4.78 is 11.0. The Kier molecular flexibility index (Phi) is 8.27. The fraction of sp³-hybridized carbons (Fsp3) is 0.192. The van der Waals surface area contributed by atoms with E-state index in [9.17, 15) is 14.4 Å². The van der Waals surface area contributed by atoms with Crippen LogP contribution in [0.25, 0.3) is 0 Å². The van der Waals surface area contributed by atoms with Crippen LogP contribution in [0.1, 0.15) is 44.3 Å². The Hall–Kier alpha value is -3.84. The quantitative estimate of drug-likeness (QED) is 0.367. The summed E-state index contributed by atoms with van der Waals surface area (Å²) in [6.45, 7) is 3.68. The molecule has 2 N–H and O–H groups in total. The zero-order valence-corrected chi connectivity index (χ0v) is 19.9. The summed E-state index contributed by atoms with van der Waals surface area (Å²) in [5.41, 5.74) is 7.98. The summed E-state index contributed by atoms with van der Waals surface area (Å²) >= 11 is 6.02. The number of ether oxygens (including phenoxy) is 2. The van der Waals surface area contributed by atoms with Gasteiger partial charge in [0.25, 0.3) is 5.91 Å². The van der Waals surface area contributed by atoms with Crippen molar-refractivity contribution < 1.29 is 23.9 Å². The Morgan fingerprint density at radius 1 is 0.912 bits per heavy atom. The van der Waals surface area contributed by atoms with Crippen LogP contribution in [0.4, 0.5) is 0 Å². The van der Waals surface area contributed by atoms with Gasteiger partial charge in [-0.25, -0.2) is 0 Å². The number of ketones is 1. The van der Waals surface area contributed by atoms with Gasteiger partial charge in [-0.3, -0.25) is 25.2 Å². The van der Waals surface area contributed by atoms with E-state index in [1.807, 2.05) is 13.0 Å². The maximum absolute atomic E-state index is 12.4. The number of amides is 2. The number of hydrazine groups is 1. The van der Waals surface area contributed by atoms with E-state index in [1.165, 1.54) is 14.0 Å². The molecule has 3 aromatic rings. The van der Waals surface area contributed by atoms with E-state index in [0.717, 1.165) is 11.1 Å². The van der Waals surface area contributed by atoms with Gasteiger partial charge in [0.05, 0.1) is 13.5 Å². The molecular formula is C26H25ClN2O5. The van der Waals surface area contributed by atoms with E-state index in [-0.39, 0.29) is 12.2 Å². The van der Waals surface area contributed by atoms with Crippen molar-refractivity contribution in [2.75, 3.05) is 7.11 Å². The molecule has 176 valence electrons. The minimum Gasteiger partial charge on any atom is -0.496 e. The third kappa shape index (κ3) is 6.59. The van der Waals surface area contributed by atoms with Crippen LogP contribution in [0, 0.1) is 6.92 Å². The van der Waals surface area contributed by atoms with Crippen molar-refractivity contribution >= 4 is 29.2 Å². The second-order valence-corrected chi connectivity index (χ2v) is 8.07. The number of nitrogens with one attached hydrogen (secondary N) is 2. The number of carbonyl (C=O) groups excluding carboxylic acids is 3. The molecule has 7 nitrogen and oxygen atoms in total. The summed E-state index contributed by atoms with van der Waals surface area (Å²) in [7, 11) is 1.48. The maximum atomic E-state index is 12.4. The lowest BCUT2D eigenvalue weighted by Crippen LogP contribution is -2.42. The third-order valence-electron chi connectivity index (χ3n) is 5.10. The predicted octanol–water partition coefficient (Wildman–Crippen LogP) is 4.44. The minimum absolute atomic E-state index is 0.0645. The lowest BCUT2D eigenvalue weighted by atomic mass is 10.0. The first-order valence-corrected chi connectivity index (χ1v) is 10.9. The van der Waals surface area contributed by atoms with Gasteiger partial charge in [-0.15, -0.1) is 0 Å². The topological polar surface area (TPSA) is 93.7 Å². The number of methoxy groups -OCH3 is 1. The van der Waals surface area contributed by atoms with Crippen LogP contribution >= 0.6 is 11.6 Å². The molecule has 0 saturated carbocycles. The standard InChI is InChI=1S/C26H25ClN2O5/c1-16-12-22(9-10-23(16)27)34-15-18-4-6-19(7-5-18)26(32)29-28-25(31)14-21-13-20(17(2)30)8-11-24(21)33-3/h4-13H,14-15H2,1-3H3,(H,28,31)(H,29,32). The molecule has 0 spiro atoms. The molecule has 0 bridgehead atoms. The van der Waals surface area contributed by atoms with Crippen molar-refractivity contribution in [2.24, 2.45) is 0 Å². The third-order valence-corrected chi connectivity index (χ3v) is 5.53. The highest BCUT2D eigenvalue weighted by atomic mass is 35.5. The second-order valence-electron chi connectivity index (χ2n) is 7.66. The van der Waals surface area contributed by atoms with Crippen molar-refractivity contribution in [1.82, 2.24) is 10.9 Å². The van der Waals surface area contributed by atoms with E-state index in [0.29, 0.717) is 39.8 Å². The first-order chi connectivity index (χ1) is 16.3. The highest BCUT2D eigenvalue weighted by Gasteiger charge is 2.13. The SMILES string of the molecule is COc1ccc(C(C)=O)cc1CC(=O)NNC(=O)c1ccc(COc2ccc(Cl)c(C)c2)cc1. The Morgan fingerprint density at radius 3 is 2.26 bits per heavy atom. The number of hydrogen-bond acceptors (Lipinski definition) is 5. The zero-order chi connectivity index (χ0) is 24.7. The summed E-state index contributed by atoms with van der Waals surface area (Å²) in [5, 5.41) is 0.679. The van der Waals surface area contributed by atoms with Gasteiger partial charge < -0.3 is 9.47 Å². The number of carbonyl (C=O) groups is 3. The Labute approximate surface area is 203 Å². The van der Waals surface area contributed by atoms with Crippen molar-refractivity contribution in [1.29, 1.82) is 0 Å². The molecule has 0 radical (unpaired) electrons. The molecule has 0 aliphatic heterocycles. The lowest BCUT2D eigenvalue weighted by molar-refractivity contribution is -0.121. The van der Waals surface area contributed by atoms with Gasteiger partial charge in [0.15, 0.2) is 5.78 Å². The van der Waals surface area contributed by atoms with E-state index in [1.54, 1.807) is 54.6 Å². The largest absolute Gasteiger partial charge is 0.496 e. The minimum atomic E-state index is -0.460. The van der Waals surface area contributed by atoms with Crippen LogP contribution in [0.3, 0.4) is 0 Å². The summed E-state index contributed by atoms with van der Waals surface area (Å²) in [5.74, 6) is 0.166. The Bertz CT molecular complexity index is 1210. The fourth-order valence-corrected chi connectivity index (χ4v) is 3.30. The number of hydrogen-bond donors (Lipinski definition) is 2. The molecule has 2 amide bonds. The number of benzene rings is 3. The van der Waals surface area contributed by atoms with E-state index >= 15 is 0 Å². The molecule has 0 saturated heterocycles. The summed E-state index contributed by atoms with van der Waals surface area (Å²) in [6, 6.07) is 17.2. The van der Waals surface area contributed by atoms with Crippen LogP contribution < -0.4 is 20.3 Å². The van der Waals surface area contributed by atoms with Crippen LogP contribution in [-0.2, 0) is 17.8 Å². The number of aryl methyl sites for hydroxylation is 1. The fourth-order valence-electron chi connectivity index (χ4n) is 3.18. The first kappa shape index (κ1) is 24.8. The summed E-state index contributed by atoms with van der Waals surface area (Å²) in [6.07, 6.45) is -0.0645. The molecule has 0 aromatic heterocycles. The number of halogens is 1. The highest BCUT2D eigenvalue weighted by Crippen LogP contribution is 2.22. The average molecular weight is 481 g/mol. The normalized spacial score (nSPS) is 10.4. The lowest BCUT2D eigenvalue weighted by Gasteiger charge is -2.11. The monoisotopic (exact) mass is 480 g/mol. The van der Waals surface area contributed by atoms with Gasteiger partial charge in [0.1, 0.15) is 18.1 Å². The van der Waals surface area contributed by atoms with Gasteiger partial charge in [0.2, 0.25) is 5.91 Å². The van der Waals surface area contributed by atoms with Gasteiger partial charge in [-0.05, 0) is 73.5 Å². The molecule has 0 fully saturated rings. The molecule has 0 atom stereocenters. The van der Waals surface area contributed by atoms with Gasteiger partial charge in [0, 0.05) is 21.7 Å². The van der Waals surface area contributed by atoms with E-state index < -0.39 is 11.8 Å². The molecule has 3 rings (SSSR count). The van der Waals surface area contributed by atoms with E-state index in [2.05, 4.69) is 10.9 Å². The van der Waals surface area contributed by atoms with Gasteiger partial charge >= 0.3 is 0 Å². The predicted molar refractivity (Wildman–Crippen MR) is 129 cm³/mol. The van der Waals surface area contributed by atoms with Crippen molar-refractivity contribution in [2.45, 2.75) is 26.9 Å². The molecule has 0 heterocycles. The molecule has 0 unspecified atom stereocenters. The van der Waals surface area contributed by atoms with Crippen LogP contribution in [-0.4, -0.2) is 24.7 Å². The average Bonchev–Trinajstić information content (AvgIpc) is 2.83. The van der Waals surface area contributed by atoms with E-state index in [4.69, 9.17) is 21.1 Å². The smallest absolute Gasteiger partial charge is 0.269 e. The number of rotatable bonds is 8. The summed E-state index contributed by atoms with van der Waals surface area (Å²) in [4.78, 5) is 36.3. The maximum Gasteiger partial charge on any atom is 0.269 e. The second kappa shape index (κ2) is 11.3. The molecule has 0 aliphatic carbocycles. The van der Waals surface area contributed by atoms with Gasteiger partial charge in [-0.2, -0.15) is 0 Å². The highest BCUT2D eigenvalue weighted by molar-refractivity contribution is 6.31. The molecule has 0 aliphatic rings. The van der Waals surface area contributed by atoms with Crippen molar-refractivity contribution in [3.05, 3.63) is 93.5 Å². The zero-order valence-electron chi connectivity index (χ0n) is 19.1. The molecule has 3 aromatic carbocycles. The Balaban J connectivity index is 1.52. The van der Waals surface area contributed by atoms with Crippen molar-refractivity contribution in [3.63, 3.8) is 0 Å². The molecule has 34 heavy (non-hydrogen) atoms. The Morgan fingerprint density at radius 2 is 1.62 bits per heavy atom. The molecular weight excluding hydrogens is 456 g/mol. The number of Topliss-reactive ketones (excluding diaryl/α,β-unsaturated/α-hetero) is 1. The van der Waals surface area contributed by atoms with Crippen LogP contribution in [0.15, 0.2) is 60.7 Å². The molecule has 8 heteroatoms. The van der Waals surface area contributed by atoms with Gasteiger partial charge in [-0.1, -0.05) is 23.7 Å². The van der Waals surface area contributed by atoms with Crippen LogP contribution in [0.5, 0.6) is 11.5 Å². The first-order valence-electron chi connectivity index (χ1n) is 10.5. The van der Waals surface area contributed by atoms with Crippen LogP contribution in [0.2, 0.25) is 5.02 Å².